The van der Waals surface area contributed by atoms with E-state index in [0.717, 1.165) is 5.56 Å². The summed E-state index contributed by atoms with van der Waals surface area (Å²) in [6, 6.07) is 5.43. The lowest BCUT2D eigenvalue weighted by Gasteiger charge is -2.12. The highest BCUT2D eigenvalue weighted by Gasteiger charge is 2.29. The van der Waals surface area contributed by atoms with Crippen molar-refractivity contribution in [3.05, 3.63) is 23.8 Å². The van der Waals surface area contributed by atoms with Crippen molar-refractivity contribution in [2.75, 3.05) is 7.11 Å². The summed E-state index contributed by atoms with van der Waals surface area (Å²) in [6.45, 7) is 0. The van der Waals surface area contributed by atoms with Crippen LogP contribution in [0.3, 0.4) is 0 Å². The molecular formula is C11H16ClNO2. The van der Waals surface area contributed by atoms with Crippen LogP contribution in [0.2, 0.25) is 0 Å². The fourth-order valence-corrected chi connectivity index (χ4v) is 1.64. The van der Waals surface area contributed by atoms with Crippen molar-refractivity contribution in [3.8, 4) is 11.5 Å². The Labute approximate surface area is 95.7 Å². The van der Waals surface area contributed by atoms with Crippen LogP contribution in [0.1, 0.15) is 24.4 Å². The van der Waals surface area contributed by atoms with Gasteiger partial charge in [0.2, 0.25) is 0 Å². The maximum absolute atomic E-state index is 9.56. The van der Waals surface area contributed by atoms with E-state index in [1.54, 1.807) is 12.1 Å². The Balaban J connectivity index is 0.00000112. The van der Waals surface area contributed by atoms with E-state index in [9.17, 15) is 5.11 Å². The molecule has 3 N–H and O–H groups in total. The van der Waals surface area contributed by atoms with Crippen LogP contribution in [-0.2, 0) is 0 Å². The molecule has 84 valence electrons. The minimum absolute atomic E-state index is 0. The van der Waals surface area contributed by atoms with E-state index in [1.807, 2.05) is 6.07 Å². The van der Waals surface area contributed by atoms with Crippen LogP contribution in [0, 0.1) is 5.92 Å². The molecule has 1 aliphatic rings. The summed E-state index contributed by atoms with van der Waals surface area (Å²) in [5.74, 6) is 1.26. The summed E-state index contributed by atoms with van der Waals surface area (Å²) >= 11 is 0. The summed E-state index contributed by atoms with van der Waals surface area (Å²) in [7, 11) is 1.54. The molecule has 0 amide bonds. The van der Waals surface area contributed by atoms with Crippen LogP contribution < -0.4 is 10.5 Å². The first-order valence-corrected chi connectivity index (χ1v) is 4.85. The number of benzene rings is 1. The average molecular weight is 230 g/mol. The van der Waals surface area contributed by atoms with Crippen LogP contribution in [0.25, 0.3) is 0 Å². The van der Waals surface area contributed by atoms with Crippen molar-refractivity contribution in [1.82, 2.24) is 0 Å². The summed E-state index contributed by atoms with van der Waals surface area (Å²) in [5, 5.41) is 9.56. The maximum Gasteiger partial charge on any atom is 0.160 e. The lowest BCUT2D eigenvalue weighted by Crippen LogP contribution is -2.12. The van der Waals surface area contributed by atoms with Gasteiger partial charge in [0.15, 0.2) is 11.5 Å². The van der Waals surface area contributed by atoms with Gasteiger partial charge in [-0.3, -0.25) is 0 Å². The van der Waals surface area contributed by atoms with Gasteiger partial charge in [-0.25, -0.2) is 0 Å². The number of ether oxygens (including phenoxy) is 1. The lowest BCUT2D eigenvalue weighted by molar-refractivity contribution is 0.372. The molecule has 0 aromatic heterocycles. The monoisotopic (exact) mass is 229 g/mol. The number of aromatic hydroxyl groups is 1. The number of phenolic OH excluding ortho intramolecular Hbond substituents is 1. The summed E-state index contributed by atoms with van der Waals surface area (Å²) in [4.78, 5) is 0. The molecule has 2 rings (SSSR count). The van der Waals surface area contributed by atoms with Crippen LogP contribution in [-0.4, -0.2) is 12.2 Å². The minimum atomic E-state index is 0. The lowest BCUT2D eigenvalue weighted by atomic mass is 10.0. The highest BCUT2D eigenvalue weighted by atomic mass is 35.5. The quantitative estimate of drug-likeness (QED) is 0.836. The van der Waals surface area contributed by atoms with Gasteiger partial charge >= 0.3 is 0 Å². The van der Waals surface area contributed by atoms with E-state index in [-0.39, 0.29) is 24.2 Å². The van der Waals surface area contributed by atoms with Gasteiger partial charge in [0.1, 0.15) is 0 Å². The molecule has 15 heavy (non-hydrogen) atoms. The van der Waals surface area contributed by atoms with E-state index in [2.05, 4.69) is 0 Å². The van der Waals surface area contributed by atoms with Gasteiger partial charge in [-0.15, -0.1) is 12.4 Å². The highest BCUT2D eigenvalue weighted by Crippen LogP contribution is 2.41. The number of methoxy groups -OCH3 is 1. The van der Waals surface area contributed by atoms with Gasteiger partial charge in [0, 0.05) is 6.04 Å². The third-order valence-electron chi connectivity index (χ3n) is 2.72. The smallest absolute Gasteiger partial charge is 0.160 e. The number of halogens is 1. The number of nitrogens with two attached hydrogens (primary N) is 1. The van der Waals surface area contributed by atoms with Gasteiger partial charge in [0.05, 0.1) is 7.11 Å². The third-order valence-corrected chi connectivity index (χ3v) is 2.72. The van der Waals surface area contributed by atoms with Crippen molar-refractivity contribution in [1.29, 1.82) is 0 Å². The van der Waals surface area contributed by atoms with Crippen molar-refractivity contribution in [2.45, 2.75) is 18.9 Å². The summed E-state index contributed by atoms with van der Waals surface area (Å²) in [6.07, 6.45) is 2.40. The number of hydrogen-bond acceptors (Lipinski definition) is 3. The van der Waals surface area contributed by atoms with E-state index in [1.165, 1.54) is 20.0 Å². The van der Waals surface area contributed by atoms with Crippen molar-refractivity contribution in [3.63, 3.8) is 0 Å². The Morgan fingerprint density at radius 1 is 1.47 bits per heavy atom. The predicted molar refractivity (Wildman–Crippen MR) is 61.6 cm³/mol. The third kappa shape index (κ3) is 2.55. The van der Waals surface area contributed by atoms with E-state index in [4.69, 9.17) is 10.5 Å². The molecular weight excluding hydrogens is 214 g/mol. The van der Waals surface area contributed by atoms with Gasteiger partial charge in [-0.05, 0) is 36.5 Å². The molecule has 0 spiro atoms. The molecule has 0 radical (unpaired) electrons. The molecule has 1 aromatic rings. The first kappa shape index (κ1) is 12.1. The largest absolute Gasteiger partial charge is 0.504 e. The molecule has 1 saturated carbocycles. The second-order valence-corrected chi connectivity index (χ2v) is 3.79. The number of hydrogen-bond donors (Lipinski definition) is 2. The fraction of sp³-hybridized carbons (Fsp3) is 0.455. The standard InChI is InChI=1S/C11H15NO2.ClH/c1-14-10-5-4-8(6-9(10)13)11(12)7-2-3-7;/h4-7,11,13H,2-3,12H2,1H3;1H/t11-;/m0./s1. The maximum atomic E-state index is 9.56. The molecule has 0 heterocycles. The first-order valence-electron chi connectivity index (χ1n) is 4.85. The Hall–Kier alpha value is -0.930. The van der Waals surface area contributed by atoms with Gasteiger partial charge < -0.3 is 15.6 Å². The van der Waals surface area contributed by atoms with E-state index in [0.29, 0.717) is 11.7 Å². The summed E-state index contributed by atoms with van der Waals surface area (Å²) < 4.78 is 4.96. The van der Waals surface area contributed by atoms with Crippen molar-refractivity contribution in [2.24, 2.45) is 11.7 Å². The zero-order chi connectivity index (χ0) is 10.1. The zero-order valence-electron chi connectivity index (χ0n) is 8.64. The number of rotatable bonds is 3. The molecule has 1 aromatic carbocycles. The predicted octanol–water partition coefficient (Wildman–Crippen LogP) is 2.23. The SMILES string of the molecule is COc1ccc([C@@H](N)C2CC2)cc1O.Cl. The summed E-state index contributed by atoms with van der Waals surface area (Å²) in [5.41, 5.74) is 7.00. The second-order valence-electron chi connectivity index (χ2n) is 3.79. The second kappa shape index (κ2) is 4.73. The van der Waals surface area contributed by atoms with Crippen molar-refractivity contribution < 1.29 is 9.84 Å². The molecule has 1 aliphatic carbocycles. The van der Waals surface area contributed by atoms with E-state index < -0.39 is 0 Å². The van der Waals surface area contributed by atoms with Crippen LogP contribution >= 0.6 is 12.4 Å². The topological polar surface area (TPSA) is 55.5 Å². The van der Waals surface area contributed by atoms with Crippen molar-refractivity contribution >= 4 is 12.4 Å². The van der Waals surface area contributed by atoms with Gasteiger partial charge in [-0.2, -0.15) is 0 Å². The normalized spacial score (nSPS) is 16.7. The molecule has 1 atom stereocenters. The van der Waals surface area contributed by atoms with Gasteiger partial charge in [0.25, 0.3) is 0 Å². The average Bonchev–Trinajstić information content (AvgIpc) is 3.00. The molecule has 4 heteroatoms. The molecule has 3 nitrogen and oxygen atoms in total. The minimum Gasteiger partial charge on any atom is -0.504 e. The Bertz CT molecular complexity index is 339. The Kier molecular flexibility index (Phi) is 3.83. The Morgan fingerprint density at radius 3 is 2.60 bits per heavy atom. The van der Waals surface area contributed by atoms with E-state index >= 15 is 0 Å². The van der Waals surface area contributed by atoms with Crippen LogP contribution in [0.15, 0.2) is 18.2 Å². The first-order chi connectivity index (χ1) is 6.72. The highest BCUT2D eigenvalue weighted by molar-refractivity contribution is 5.85. The Morgan fingerprint density at radius 2 is 2.13 bits per heavy atom. The molecule has 0 unspecified atom stereocenters. The number of phenols is 1. The molecule has 0 aliphatic heterocycles. The van der Waals surface area contributed by atoms with Crippen LogP contribution in [0.5, 0.6) is 11.5 Å². The van der Waals surface area contributed by atoms with Crippen LogP contribution in [0.4, 0.5) is 0 Å². The molecule has 1 fully saturated rings. The fourth-order valence-electron chi connectivity index (χ4n) is 1.64. The zero-order valence-corrected chi connectivity index (χ0v) is 9.46. The molecule has 0 bridgehead atoms. The van der Waals surface area contributed by atoms with Gasteiger partial charge in [-0.1, -0.05) is 6.07 Å². The molecule has 0 saturated heterocycles.